The van der Waals surface area contributed by atoms with Crippen LogP contribution in [0.4, 0.5) is 13.2 Å². The number of hydrogen-bond donors (Lipinski definition) is 2. The minimum atomic E-state index is -4.47. The molecule has 0 heterocycles. The van der Waals surface area contributed by atoms with E-state index in [-0.39, 0.29) is 12.1 Å². The number of alkyl halides is 5. The van der Waals surface area contributed by atoms with Gasteiger partial charge in [0.25, 0.3) is 0 Å². The molecule has 0 spiro atoms. The lowest BCUT2D eigenvalue weighted by atomic mass is 10.0. The number of ether oxygens (including phenoxy) is 2. The van der Waals surface area contributed by atoms with E-state index in [0.29, 0.717) is 5.76 Å². The van der Waals surface area contributed by atoms with E-state index in [1.54, 1.807) is 6.92 Å². The Morgan fingerprint density at radius 3 is 2.28 bits per heavy atom. The summed E-state index contributed by atoms with van der Waals surface area (Å²) in [5, 5.41) is 8.22. The Balaban J connectivity index is 4.77. The van der Waals surface area contributed by atoms with E-state index in [0.717, 1.165) is 18.9 Å². The topological polar surface area (TPSA) is 50.7 Å². The molecule has 148 valence electrons. The van der Waals surface area contributed by atoms with Crippen LogP contribution in [0.1, 0.15) is 20.3 Å². The number of allylic oxidation sites excluding steroid dienone is 1. The van der Waals surface area contributed by atoms with Crippen LogP contribution < -0.4 is 4.72 Å². The quantitative estimate of drug-likeness (QED) is 0.291. The molecule has 0 fully saturated rings. The van der Waals surface area contributed by atoms with Gasteiger partial charge in [0, 0.05) is 17.5 Å². The molecular formula is C15H24Cl2F3NO3S. The maximum absolute atomic E-state index is 12.6. The van der Waals surface area contributed by atoms with Crippen LogP contribution in [0.3, 0.4) is 0 Å². The molecule has 0 amide bonds. The van der Waals surface area contributed by atoms with Gasteiger partial charge in [-0.1, -0.05) is 13.5 Å². The first-order chi connectivity index (χ1) is 11.4. The molecule has 2 N–H and O–H groups in total. The van der Waals surface area contributed by atoms with Crippen molar-refractivity contribution < 1.29 is 27.8 Å². The monoisotopic (exact) mass is 425 g/mol. The third-order valence-corrected chi connectivity index (χ3v) is 5.79. The average molecular weight is 426 g/mol. The summed E-state index contributed by atoms with van der Waals surface area (Å²) in [4.78, 5) is 0. The van der Waals surface area contributed by atoms with Crippen LogP contribution in [0.25, 0.3) is 0 Å². The zero-order valence-corrected chi connectivity index (χ0v) is 16.8. The number of aliphatic hydroxyl groups excluding tert-OH is 1. The lowest BCUT2D eigenvalue weighted by Gasteiger charge is -2.27. The minimum Gasteiger partial charge on any atom is -0.501 e. The number of halogens is 5. The molecule has 5 unspecified atom stereocenters. The van der Waals surface area contributed by atoms with E-state index in [2.05, 4.69) is 11.3 Å². The molecule has 0 aromatic heterocycles. The van der Waals surface area contributed by atoms with E-state index < -0.39 is 34.2 Å². The molecule has 0 radical (unpaired) electrons. The molecule has 0 aliphatic heterocycles. The molecule has 0 saturated carbocycles. The van der Waals surface area contributed by atoms with Crippen molar-refractivity contribution in [1.29, 1.82) is 0 Å². The molecule has 0 aromatic rings. The van der Waals surface area contributed by atoms with Crippen molar-refractivity contribution in [2.24, 2.45) is 5.92 Å². The molecule has 0 aromatic carbocycles. The smallest absolute Gasteiger partial charge is 0.394 e. The highest BCUT2D eigenvalue weighted by atomic mass is 35.5. The van der Waals surface area contributed by atoms with Gasteiger partial charge in [-0.3, -0.25) is 0 Å². The second-order valence-electron chi connectivity index (χ2n) is 5.43. The first kappa shape index (κ1) is 24.6. The van der Waals surface area contributed by atoms with Crippen molar-refractivity contribution in [2.75, 3.05) is 14.2 Å². The Morgan fingerprint density at radius 1 is 1.32 bits per heavy atom. The lowest BCUT2D eigenvalue weighted by Crippen LogP contribution is -2.34. The highest BCUT2D eigenvalue weighted by Gasteiger charge is 2.40. The second kappa shape index (κ2) is 11.3. The Kier molecular flexibility index (Phi) is 11.1. The van der Waals surface area contributed by atoms with Gasteiger partial charge in [0.15, 0.2) is 0 Å². The average Bonchev–Trinajstić information content (AvgIpc) is 2.50. The molecule has 10 heteroatoms. The molecule has 0 bridgehead atoms. The normalized spacial score (nSPS) is 18.7. The van der Waals surface area contributed by atoms with E-state index in [1.807, 2.05) is 0 Å². The van der Waals surface area contributed by atoms with Crippen molar-refractivity contribution in [3.8, 4) is 0 Å². The standard InChI is InChI=1S/C15H24Cl2F3NO3S/c1-8(6-11(22)9(2)15(18,19)20)21-25-14(10(3)16)13(17)12(24-5)7-23-4/h7,9-11,13-14,21-22H,1,6H2,2-5H3/b12-7-. The predicted octanol–water partition coefficient (Wildman–Crippen LogP) is 4.42. The fraction of sp³-hybridized carbons (Fsp3) is 0.733. The highest BCUT2D eigenvalue weighted by molar-refractivity contribution is 7.98. The van der Waals surface area contributed by atoms with Crippen molar-refractivity contribution >= 4 is 35.1 Å². The van der Waals surface area contributed by atoms with Crippen LogP contribution >= 0.6 is 35.1 Å². The van der Waals surface area contributed by atoms with Gasteiger partial charge in [-0.05, 0) is 18.9 Å². The van der Waals surface area contributed by atoms with Gasteiger partial charge in [-0.25, -0.2) is 0 Å². The van der Waals surface area contributed by atoms with E-state index in [4.69, 9.17) is 32.7 Å². The summed E-state index contributed by atoms with van der Waals surface area (Å²) in [7, 11) is 2.88. The molecule has 5 atom stereocenters. The zero-order valence-electron chi connectivity index (χ0n) is 14.4. The second-order valence-corrected chi connectivity index (χ2v) is 7.57. The number of hydrogen-bond acceptors (Lipinski definition) is 5. The van der Waals surface area contributed by atoms with Gasteiger partial charge in [-0.15, -0.1) is 23.2 Å². The highest BCUT2D eigenvalue weighted by Crippen LogP contribution is 2.32. The molecule has 25 heavy (non-hydrogen) atoms. The van der Waals surface area contributed by atoms with Crippen LogP contribution in [0.2, 0.25) is 0 Å². The number of rotatable bonds is 11. The first-order valence-corrected chi connectivity index (χ1v) is 9.10. The van der Waals surface area contributed by atoms with Gasteiger partial charge < -0.3 is 19.3 Å². The van der Waals surface area contributed by atoms with Crippen LogP contribution in [-0.2, 0) is 9.47 Å². The van der Waals surface area contributed by atoms with Crippen LogP contribution in [-0.4, -0.2) is 47.6 Å². The van der Waals surface area contributed by atoms with Gasteiger partial charge in [0.05, 0.1) is 31.5 Å². The molecular weight excluding hydrogens is 402 g/mol. The summed E-state index contributed by atoms with van der Waals surface area (Å²) < 4.78 is 50.6. The van der Waals surface area contributed by atoms with Crippen molar-refractivity contribution in [2.45, 2.75) is 48.6 Å². The lowest BCUT2D eigenvalue weighted by molar-refractivity contribution is -0.193. The van der Waals surface area contributed by atoms with Crippen LogP contribution in [0.15, 0.2) is 24.3 Å². The van der Waals surface area contributed by atoms with Crippen molar-refractivity contribution in [3.63, 3.8) is 0 Å². The zero-order chi connectivity index (χ0) is 19.8. The minimum absolute atomic E-state index is 0.231. The Morgan fingerprint density at radius 2 is 1.88 bits per heavy atom. The van der Waals surface area contributed by atoms with E-state index in [1.165, 1.54) is 20.5 Å². The van der Waals surface area contributed by atoms with Gasteiger partial charge >= 0.3 is 6.18 Å². The maximum Gasteiger partial charge on any atom is 0.394 e. The van der Waals surface area contributed by atoms with Crippen LogP contribution in [0, 0.1) is 5.92 Å². The summed E-state index contributed by atoms with van der Waals surface area (Å²) in [6.45, 7) is 6.28. The molecule has 0 saturated heterocycles. The number of nitrogens with one attached hydrogen (secondary N) is 1. The van der Waals surface area contributed by atoms with E-state index in [9.17, 15) is 18.3 Å². The summed E-state index contributed by atoms with van der Waals surface area (Å²) >= 11 is 13.6. The third-order valence-electron chi connectivity index (χ3n) is 3.37. The number of aliphatic hydroxyl groups is 1. The van der Waals surface area contributed by atoms with E-state index >= 15 is 0 Å². The Hall–Kier alpha value is -0.440. The molecule has 4 nitrogen and oxygen atoms in total. The Labute approximate surface area is 160 Å². The summed E-state index contributed by atoms with van der Waals surface area (Å²) in [5.41, 5.74) is 0.231. The third kappa shape index (κ3) is 8.66. The molecule has 0 rings (SSSR count). The predicted molar refractivity (Wildman–Crippen MR) is 96.6 cm³/mol. The summed E-state index contributed by atoms with van der Waals surface area (Å²) in [6, 6.07) is 0. The van der Waals surface area contributed by atoms with Crippen LogP contribution in [0.5, 0.6) is 0 Å². The maximum atomic E-state index is 12.6. The van der Waals surface area contributed by atoms with Crippen molar-refractivity contribution in [3.05, 3.63) is 24.3 Å². The fourth-order valence-electron chi connectivity index (χ4n) is 1.73. The summed E-state index contributed by atoms with van der Waals surface area (Å²) in [6.07, 6.45) is -4.98. The summed E-state index contributed by atoms with van der Waals surface area (Å²) in [5.74, 6) is -1.50. The van der Waals surface area contributed by atoms with Gasteiger partial charge in [-0.2, -0.15) is 13.2 Å². The Bertz CT molecular complexity index is 450. The van der Waals surface area contributed by atoms with Gasteiger partial charge in [0.1, 0.15) is 17.4 Å². The SMILES string of the molecule is C=C(CC(O)C(C)C(F)(F)F)NSC(C(C)Cl)C(Cl)/C(=C/OC)OC. The van der Waals surface area contributed by atoms with Gasteiger partial charge in [0.2, 0.25) is 0 Å². The largest absolute Gasteiger partial charge is 0.501 e. The fourth-order valence-corrected chi connectivity index (χ4v) is 3.44. The molecule has 0 aliphatic carbocycles. The van der Waals surface area contributed by atoms with Crippen molar-refractivity contribution in [1.82, 2.24) is 4.72 Å². The molecule has 0 aliphatic rings. The first-order valence-electron chi connectivity index (χ1n) is 7.34. The number of methoxy groups -OCH3 is 2.